The number of imidazole rings is 1. The fourth-order valence-electron chi connectivity index (χ4n) is 6.45. The molecule has 0 saturated heterocycles. The van der Waals surface area contributed by atoms with Gasteiger partial charge in [0.1, 0.15) is 18.2 Å². The molecule has 4 aliphatic rings. The second-order valence-electron chi connectivity index (χ2n) is 10.3. The molecule has 4 saturated carbocycles. The average Bonchev–Trinajstić information content (AvgIpc) is 3.26. The van der Waals surface area contributed by atoms with Crippen LogP contribution in [0, 0.1) is 29.1 Å². The highest BCUT2D eigenvalue weighted by Crippen LogP contribution is 2.60. The van der Waals surface area contributed by atoms with Crippen molar-refractivity contribution in [2.24, 2.45) is 29.1 Å². The summed E-state index contributed by atoms with van der Waals surface area (Å²) in [6.45, 7) is 3.95. The first kappa shape index (κ1) is 20.2. The molecule has 31 heavy (non-hydrogen) atoms. The van der Waals surface area contributed by atoms with E-state index in [9.17, 15) is 9.59 Å². The number of rotatable bonds is 6. The second kappa shape index (κ2) is 7.77. The standard InChI is InChI=1S/C24H31N5O2/c1-15(2)21(22(30)27-19-3-4-20(26-13-19)29-6-5-25-14-29)28-23(31)24-10-16-7-17(11-24)9-18(8-16)12-24/h3-6,13-18,21H,7-12H2,1-2H3,(H,27,30)(H,28,31)/t16?,17?,18?,21-,24?/m1/s1. The van der Waals surface area contributed by atoms with E-state index in [0.717, 1.165) is 25.1 Å². The lowest BCUT2D eigenvalue weighted by Crippen LogP contribution is -2.57. The van der Waals surface area contributed by atoms with E-state index in [1.165, 1.54) is 19.3 Å². The first-order chi connectivity index (χ1) is 14.9. The molecule has 0 aromatic carbocycles. The van der Waals surface area contributed by atoms with Crippen LogP contribution in [-0.4, -0.2) is 32.4 Å². The van der Waals surface area contributed by atoms with Gasteiger partial charge in [-0.05, 0) is 74.3 Å². The summed E-state index contributed by atoms with van der Waals surface area (Å²) in [6, 6.07) is 3.09. The number of carbonyl (C=O) groups excluding carboxylic acids is 2. The van der Waals surface area contributed by atoms with Gasteiger partial charge in [-0.2, -0.15) is 0 Å². The van der Waals surface area contributed by atoms with Crippen LogP contribution >= 0.6 is 0 Å². The van der Waals surface area contributed by atoms with E-state index in [4.69, 9.17) is 0 Å². The number of aromatic nitrogens is 3. The van der Waals surface area contributed by atoms with Crippen LogP contribution in [0.4, 0.5) is 5.69 Å². The fourth-order valence-corrected chi connectivity index (χ4v) is 6.45. The molecule has 0 spiro atoms. The monoisotopic (exact) mass is 421 g/mol. The summed E-state index contributed by atoms with van der Waals surface area (Å²) < 4.78 is 1.80. The van der Waals surface area contributed by atoms with Crippen LogP contribution in [0.25, 0.3) is 5.82 Å². The highest BCUT2D eigenvalue weighted by molar-refractivity contribution is 5.98. The SMILES string of the molecule is CC(C)[C@@H](NC(=O)C12CC3CC(CC(C3)C1)C2)C(=O)Nc1ccc(-n2ccnc2)nc1. The maximum Gasteiger partial charge on any atom is 0.247 e. The quantitative estimate of drug-likeness (QED) is 0.746. The van der Waals surface area contributed by atoms with Crippen LogP contribution in [0.15, 0.2) is 37.1 Å². The van der Waals surface area contributed by atoms with E-state index in [2.05, 4.69) is 20.6 Å². The Bertz CT molecular complexity index is 916. The summed E-state index contributed by atoms with van der Waals surface area (Å²) in [5, 5.41) is 6.08. The van der Waals surface area contributed by atoms with Gasteiger partial charge in [0.05, 0.1) is 11.9 Å². The van der Waals surface area contributed by atoms with Gasteiger partial charge in [0, 0.05) is 17.8 Å². The number of pyridine rings is 1. The molecule has 7 heteroatoms. The van der Waals surface area contributed by atoms with Gasteiger partial charge in [0.2, 0.25) is 11.8 Å². The Morgan fingerprint density at radius 3 is 2.29 bits per heavy atom. The lowest BCUT2D eigenvalue weighted by atomic mass is 9.49. The van der Waals surface area contributed by atoms with Crippen molar-refractivity contribution in [1.82, 2.24) is 19.9 Å². The van der Waals surface area contributed by atoms with Crippen molar-refractivity contribution in [2.45, 2.75) is 58.4 Å². The third kappa shape index (κ3) is 3.86. The molecule has 2 amide bonds. The zero-order chi connectivity index (χ0) is 21.6. The average molecular weight is 422 g/mol. The van der Waals surface area contributed by atoms with Crippen molar-refractivity contribution in [3.8, 4) is 5.82 Å². The summed E-state index contributed by atoms with van der Waals surface area (Å²) in [4.78, 5) is 34.9. The summed E-state index contributed by atoms with van der Waals surface area (Å²) in [5.41, 5.74) is 0.361. The zero-order valence-corrected chi connectivity index (χ0v) is 18.3. The Morgan fingerprint density at radius 1 is 1.10 bits per heavy atom. The lowest BCUT2D eigenvalue weighted by Gasteiger charge is -2.55. The van der Waals surface area contributed by atoms with E-state index in [0.29, 0.717) is 23.4 Å². The molecule has 1 atom stereocenters. The topological polar surface area (TPSA) is 88.9 Å². The van der Waals surface area contributed by atoms with Crippen molar-refractivity contribution in [3.63, 3.8) is 0 Å². The van der Waals surface area contributed by atoms with E-state index < -0.39 is 6.04 Å². The van der Waals surface area contributed by atoms with E-state index in [1.54, 1.807) is 23.3 Å². The van der Waals surface area contributed by atoms with Gasteiger partial charge in [0.25, 0.3) is 0 Å². The predicted octanol–water partition coefficient (Wildman–Crippen LogP) is 3.56. The van der Waals surface area contributed by atoms with Gasteiger partial charge in [-0.25, -0.2) is 9.97 Å². The Kier molecular flexibility index (Phi) is 5.07. The Labute approximate surface area is 183 Å². The molecule has 2 N–H and O–H groups in total. The number of hydrogen-bond donors (Lipinski definition) is 2. The van der Waals surface area contributed by atoms with Crippen LogP contribution in [0.2, 0.25) is 0 Å². The minimum absolute atomic E-state index is 0.00366. The van der Waals surface area contributed by atoms with Crippen molar-refractivity contribution < 1.29 is 9.59 Å². The van der Waals surface area contributed by atoms with Crippen LogP contribution in [0.5, 0.6) is 0 Å². The summed E-state index contributed by atoms with van der Waals surface area (Å²) in [5.74, 6) is 2.72. The lowest BCUT2D eigenvalue weighted by molar-refractivity contribution is -0.148. The van der Waals surface area contributed by atoms with Crippen LogP contribution in [-0.2, 0) is 9.59 Å². The normalized spacial score (nSPS) is 29.7. The molecule has 2 heterocycles. The van der Waals surface area contributed by atoms with Crippen molar-refractivity contribution >= 4 is 17.5 Å². The molecule has 2 aromatic heterocycles. The molecular weight excluding hydrogens is 390 g/mol. The van der Waals surface area contributed by atoms with Gasteiger partial charge in [0.15, 0.2) is 0 Å². The maximum atomic E-state index is 13.4. The minimum atomic E-state index is -0.561. The molecule has 0 radical (unpaired) electrons. The van der Waals surface area contributed by atoms with Gasteiger partial charge < -0.3 is 10.6 Å². The van der Waals surface area contributed by atoms with Crippen molar-refractivity contribution in [3.05, 3.63) is 37.1 Å². The van der Waals surface area contributed by atoms with Crippen LogP contribution in [0.1, 0.15) is 52.4 Å². The Morgan fingerprint density at radius 2 is 1.77 bits per heavy atom. The van der Waals surface area contributed by atoms with Gasteiger partial charge in [-0.3, -0.25) is 14.2 Å². The Hall–Kier alpha value is -2.70. The number of nitrogens with one attached hydrogen (secondary N) is 2. The second-order valence-corrected chi connectivity index (χ2v) is 10.3. The molecule has 0 aliphatic heterocycles. The molecule has 164 valence electrons. The van der Waals surface area contributed by atoms with Gasteiger partial charge in [-0.1, -0.05) is 13.8 Å². The largest absolute Gasteiger partial charge is 0.344 e. The highest BCUT2D eigenvalue weighted by atomic mass is 16.2. The number of nitrogens with zero attached hydrogens (tertiary/aromatic N) is 3. The molecule has 4 bridgehead atoms. The van der Waals surface area contributed by atoms with E-state index in [-0.39, 0.29) is 23.1 Å². The third-order valence-corrected chi connectivity index (χ3v) is 7.54. The first-order valence-electron chi connectivity index (χ1n) is 11.5. The summed E-state index contributed by atoms with van der Waals surface area (Å²) in [6.07, 6.45) is 13.7. The fraction of sp³-hybridized carbons (Fsp3) is 0.583. The minimum Gasteiger partial charge on any atom is -0.344 e. The van der Waals surface area contributed by atoms with Gasteiger partial charge >= 0.3 is 0 Å². The number of amides is 2. The molecule has 6 rings (SSSR count). The molecule has 0 unspecified atom stereocenters. The molecule has 2 aromatic rings. The number of anilines is 1. The van der Waals surface area contributed by atoms with E-state index >= 15 is 0 Å². The molecule has 7 nitrogen and oxygen atoms in total. The summed E-state index contributed by atoms with van der Waals surface area (Å²) >= 11 is 0. The predicted molar refractivity (Wildman–Crippen MR) is 117 cm³/mol. The van der Waals surface area contributed by atoms with Crippen molar-refractivity contribution in [1.29, 1.82) is 0 Å². The van der Waals surface area contributed by atoms with Crippen LogP contribution < -0.4 is 10.6 Å². The summed E-state index contributed by atoms with van der Waals surface area (Å²) in [7, 11) is 0. The maximum absolute atomic E-state index is 13.4. The zero-order valence-electron chi connectivity index (χ0n) is 18.3. The van der Waals surface area contributed by atoms with Crippen LogP contribution in [0.3, 0.4) is 0 Å². The first-order valence-corrected chi connectivity index (χ1v) is 11.5. The number of carbonyl (C=O) groups is 2. The smallest absolute Gasteiger partial charge is 0.247 e. The Balaban J connectivity index is 1.26. The third-order valence-electron chi connectivity index (χ3n) is 7.54. The number of hydrogen-bond acceptors (Lipinski definition) is 4. The molecule has 4 aliphatic carbocycles. The molecule has 4 fully saturated rings. The highest BCUT2D eigenvalue weighted by Gasteiger charge is 2.55. The molecular formula is C24H31N5O2. The van der Waals surface area contributed by atoms with Crippen molar-refractivity contribution in [2.75, 3.05) is 5.32 Å². The van der Waals surface area contributed by atoms with Gasteiger partial charge in [-0.15, -0.1) is 0 Å². The van der Waals surface area contributed by atoms with E-state index in [1.807, 2.05) is 32.2 Å².